The average molecular weight is 319 g/mol. The summed E-state index contributed by atoms with van der Waals surface area (Å²) in [5.74, 6) is 1.03. The zero-order valence-corrected chi connectivity index (χ0v) is 14.6. The quantitative estimate of drug-likeness (QED) is 0.747. The van der Waals surface area contributed by atoms with Gasteiger partial charge < -0.3 is 18.6 Å². The van der Waals surface area contributed by atoms with Crippen LogP contribution < -0.4 is 4.74 Å². The zero-order valence-electron chi connectivity index (χ0n) is 11.8. The minimum absolute atomic E-state index is 0. The van der Waals surface area contributed by atoms with Gasteiger partial charge in [0.1, 0.15) is 5.75 Å². The van der Waals surface area contributed by atoms with Gasteiger partial charge in [0.25, 0.3) is 0 Å². The molecule has 0 spiro atoms. The first-order valence-electron chi connectivity index (χ1n) is 6.29. The Kier molecular flexibility index (Phi) is 5.06. The Bertz CT molecular complexity index is 414. The van der Waals surface area contributed by atoms with Crippen molar-refractivity contribution >= 4 is 0 Å². The summed E-state index contributed by atoms with van der Waals surface area (Å²) in [4.78, 5) is 0. The maximum absolute atomic E-state index is 5.85. The van der Waals surface area contributed by atoms with Crippen LogP contribution in [0.3, 0.4) is 0 Å². The van der Waals surface area contributed by atoms with Gasteiger partial charge in [0, 0.05) is 32.7 Å². The molecule has 0 N–H and O–H groups in total. The van der Waals surface area contributed by atoms with Crippen LogP contribution in [0.1, 0.15) is 44.7 Å². The maximum atomic E-state index is 5.85. The Morgan fingerprint density at radius 3 is 2.33 bits per heavy atom. The maximum Gasteiger partial charge on any atom is 0.123 e. The Labute approximate surface area is 137 Å². The van der Waals surface area contributed by atoms with E-state index in [1.54, 1.807) is 0 Å². The molecule has 0 amide bonds. The van der Waals surface area contributed by atoms with Gasteiger partial charge in [-0.2, -0.15) is 12.8 Å². The molecule has 2 heteroatoms. The number of fused-ring (bicyclic) bond motifs is 1. The molecule has 0 atom stereocenters. The summed E-state index contributed by atoms with van der Waals surface area (Å²) < 4.78 is 5.85. The van der Waals surface area contributed by atoms with Crippen molar-refractivity contribution in [2.24, 2.45) is 0 Å². The standard InChI is InChI=1S/C16H22O.Y/c1-6-16(7-2)11-17-14-10-12(15(3,4)5)8-9-13(14)16;/h8-10H,1-2,6-7,11H2,3-5H3;/q-2;. The molecule has 0 saturated carbocycles. The topological polar surface area (TPSA) is 9.23 Å². The molecule has 1 aliphatic heterocycles. The normalized spacial score (nSPS) is 16.7. The van der Waals surface area contributed by atoms with Gasteiger partial charge in [-0.25, -0.2) is 0 Å². The summed E-state index contributed by atoms with van der Waals surface area (Å²) in [5, 5.41) is 0. The van der Waals surface area contributed by atoms with Gasteiger partial charge >= 0.3 is 0 Å². The summed E-state index contributed by atoms with van der Waals surface area (Å²) in [6, 6.07) is 6.61. The van der Waals surface area contributed by atoms with E-state index in [0.717, 1.165) is 25.2 Å². The van der Waals surface area contributed by atoms with E-state index in [1.165, 1.54) is 11.1 Å². The van der Waals surface area contributed by atoms with E-state index in [2.05, 4.69) is 52.8 Å². The van der Waals surface area contributed by atoms with Crippen LogP contribution in [0.5, 0.6) is 5.75 Å². The van der Waals surface area contributed by atoms with E-state index in [-0.39, 0.29) is 43.5 Å². The summed E-state index contributed by atoms with van der Waals surface area (Å²) in [5.41, 5.74) is 2.81. The fourth-order valence-electron chi connectivity index (χ4n) is 2.38. The Morgan fingerprint density at radius 1 is 1.22 bits per heavy atom. The van der Waals surface area contributed by atoms with Crippen molar-refractivity contribution < 1.29 is 37.4 Å². The second-order valence-electron chi connectivity index (χ2n) is 6.03. The van der Waals surface area contributed by atoms with Crippen LogP contribution in [0.2, 0.25) is 0 Å². The molecule has 1 radical (unpaired) electrons. The fraction of sp³-hybridized carbons (Fsp3) is 0.500. The first kappa shape index (κ1) is 16.2. The Balaban J connectivity index is 0.00000162. The van der Waals surface area contributed by atoms with Gasteiger partial charge in [-0.3, -0.25) is 0 Å². The molecule has 1 nitrogen and oxygen atoms in total. The van der Waals surface area contributed by atoms with E-state index in [0.29, 0.717) is 0 Å². The van der Waals surface area contributed by atoms with Crippen molar-refractivity contribution in [3.05, 3.63) is 43.2 Å². The van der Waals surface area contributed by atoms with Crippen LogP contribution in [0.4, 0.5) is 0 Å². The van der Waals surface area contributed by atoms with E-state index in [4.69, 9.17) is 4.74 Å². The van der Waals surface area contributed by atoms with Gasteiger partial charge in [0.15, 0.2) is 0 Å². The Morgan fingerprint density at radius 2 is 1.83 bits per heavy atom. The largest absolute Gasteiger partial charge is 0.493 e. The van der Waals surface area contributed by atoms with E-state index in [9.17, 15) is 0 Å². The molecule has 0 fully saturated rings. The van der Waals surface area contributed by atoms with E-state index in [1.807, 2.05) is 0 Å². The summed E-state index contributed by atoms with van der Waals surface area (Å²) in [6.07, 6.45) is 1.69. The second kappa shape index (κ2) is 5.63. The van der Waals surface area contributed by atoms with Crippen LogP contribution in [-0.4, -0.2) is 6.61 Å². The van der Waals surface area contributed by atoms with Crippen LogP contribution in [0, 0.1) is 13.8 Å². The molecule has 0 aromatic heterocycles. The van der Waals surface area contributed by atoms with Crippen molar-refractivity contribution in [3.8, 4) is 5.75 Å². The first-order valence-corrected chi connectivity index (χ1v) is 6.29. The number of benzene rings is 1. The molecule has 0 saturated heterocycles. The van der Waals surface area contributed by atoms with Gasteiger partial charge in [0.2, 0.25) is 0 Å². The number of hydrogen-bond acceptors (Lipinski definition) is 1. The molecule has 18 heavy (non-hydrogen) atoms. The molecule has 0 unspecified atom stereocenters. The molecule has 1 aromatic carbocycles. The van der Waals surface area contributed by atoms with Gasteiger partial charge in [0.05, 0.1) is 6.61 Å². The van der Waals surface area contributed by atoms with E-state index >= 15 is 0 Å². The van der Waals surface area contributed by atoms with Crippen molar-refractivity contribution in [2.75, 3.05) is 6.61 Å². The number of ether oxygens (including phenoxy) is 1. The molecule has 0 aliphatic carbocycles. The first-order chi connectivity index (χ1) is 7.93. The van der Waals surface area contributed by atoms with Gasteiger partial charge in [-0.15, -0.1) is 0 Å². The summed E-state index contributed by atoms with van der Waals surface area (Å²) >= 11 is 0. The summed E-state index contributed by atoms with van der Waals surface area (Å²) in [6.45, 7) is 15.5. The number of rotatable bonds is 2. The van der Waals surface area contributed by atoms with Crippen LogP contribution in [0.15, 0.2) is 18.2 Å². The van der Waals surface area contributed by atoms with Crippen molar-refractivity contribution in [3.63, 3.8) is 0 Å². The van der Waals surface area contributed by atoms with Crippen molar-refractivity contribution in [1.82, 2.24) is 0 Å². The third-order valence-corrected chi connectivity index (χ3v) is 3.88. The molecule has 97 valence electrons. The monoisotopic (exact) mass is 319 g/mol. The SMILES string of the molecule is [CH2-]CC1(C[CH2-])COc2cc(C(C)(C)C)ccc21.[Y]. The fourth-order valence-corrected chi connectivity index (χ4v) is 2.38. The molecule has 1 heterocycles. The van der Waals surface area contributed by atoms with Crippen molar-refractivity contribution in [2.45, 2.75) is 44.4 Å². The average Bonchev–Trinajstić information content (AvgIpc) is 2.66. The Hall–Kier alpha value is 0.124. The van der Waals surface area contributed by atoms with E-state index < -0.39 is 0 Å². The molecule has 1 aromatic rings. The predicted octanol–water partition coefficient (Wildman–Crippen LogP) is 4.06. The molecule has 0 bridgehead atoms. The third-order valence-electron chi connectivity index (χ3n) is 3.88. The summed E-state index contributed by atoms with van der Waals surface area (Å²) in [7, 11) is 0. The molecule has 1 aliphatic rings. The molecule has 2 rings (SSSR count). The molecular formula is C16H22OY-2. The zero-order chi connectivity index (χ0) is 12.7. The predicted molar refractivity (Wildman–Crippen MR) is 72.3 cm³/mol. The van der Waals surface area contributed by atoms with Crippen LogP contribution in [0.25, 0.3) is 0 Å². The van der Waals surface area contributed by atoms with Crippen molar-refractivity contribution in [1.29, 1.82) is 0 Å². The minimum atomic E-state index is 0. The molecular weight excluding hydrogens is 297 g/mol. The third kappa shape index (κ3) is 2.68. The van der Waals surface area contributed by atoms with Gasteiger partial charge in [-0.1, -0.05) is 32.9 Å². The second-order valence-corrected chi connectivity index (χ2v) is 6.03. The van der Waals surface area contributed by atoms with Crippen LogP contribution >= 0.6 is 0 Å². The number of hydrogen-bond donors (Lipinski definition) is 0. The minimum Gasteiger partial charge on any atom is -0.493 e. The van der Waals surface area contributed by atoms with Gasteiger partial charge in [-0.05, 0) is 28.0 Å². The smallest absolute Gasteiger partial charge is 0.123 e. The van der Waals surface area contributed by atoms with Crippen LogP contribution in [-0.2, 0) is 43.5 Å².